The summed E-state index contributed by atoms with van der Waals surface area (Å²) < 4.78 is 10.9. The van der Waals surface area contributed by atoms with Crippen LogP contribution in [0.15, 0.2) is 66.7 Å². The normalized spacial score (nSPS) is 10.5. The summed E-state index contributed by atoms with van der Waals surface area (Å²) >= 11 is 5.30. The smallest absolute Gasteiger partial charge is 0.261 e. The molecule has 0 unspecified atom stereocenters. The quantitative estimate of drug-likeness (QED) is 0.460. The molecule has 0 bridgehead atoms. The Kier molecular flexibility index (Phi) is 6.94. The molecule has 3 rings (SSSR count). The first-order chi connectivity index (χ1) is 13.7. The van der Waals surface area contributed by atoms with Crippen LogP contribution in [0.3, 0.4) is 0 Å². The highest BCUT2D eigenvalue weighted by Crippen LogP contribution is 2.20. The number of benzene rings is 3. The summed E-state index contributed by atoms with van der Waals surface area (Å²) in [4.78, 5) is 12.6. The van der Waals surface area contributed by atoms with Gasteiger partial charge in [-0.25, -0.2) is 0 Å². The molecule has 0 atom stereocenters. The van der Waals surface area contributed by atoms with E-state index >= 15 is 0 Å². The summed E-state index contributed by atoms with van der Waals surface area (Å²) in [6, 6.07) is 21.0. The maximum Gasteiger partial charge on any atom is 0.261 e. The SMILES string of the molecule is CCOCCOc1ccccc1C(=O)NC(=S)Nc1ccc2ccccc2c1. The number of fused-ring (bicyclic) bond motifs is 1. The Hall–Kier alpha value is -2.96. The van der Waals surface area contributed by atoms with Crippen molar-refractivity contribution in [2.75, 3.05) is 25.1 Å². The van der Waals surface area contributed by atoms with Crippen molar-refractivity contribution >= 4 is 39.7 Å². The van der Waals surface area contributed by atoms with Crippen molar-refractivity contribution in [3.63, 3.8) is 0 Å². The maximum absolute atomic E-state index is 12.6. The van der Waals surface area contributed by atoms with Gasteiger partial charge in [0, 0.05) is 12.3 Å². The predicted molar refractivity (Wildman–Crippen MR) is 116 cm³/mol. The van der Waals surface area contributed by atoms with Crippen LogP contribution in [0, 0.1) is 0 Å². The number of para-hydroxylation sites is 1. The van der Waals surface area contributed by atoms with Crippen molar-refractivity contribution in [3.05, 3.63) is 72.3 Å². The van der Waals surface area contributed by atoms with Gasteiger partial charge in [-0.1, -0.05) is 42.5 Å². The standard InChI is InChI=1S/C22H22N2O3S/c1-2-26-13-14-27-20-10-6-5-9-19(20)21(25)24-22(28)23-18-12-11-16-7-3-4-8-17(16)15-18/h3-12,15H,2,13-14H2,1H3,(H2,23,24,25,28). The molecule has 28 heavy (non-hydrogen) atoms. The Balaban J connectivity index is 1.62. The second kappa shape index (κ2) is 9.82. The second-order valence-corrected chi connectivity index (χ2v) is 6.42. The van der Waals surface area contributed by atoms with Gasteiger partial charge in [0.25, 0.3) is 5.91 Å². The molecule has 5 nitrogen and oxygen atoms in total. The minimum atomic E-state index is -0.328. The number of rotatable bonds is 7. The predicted octanol–water partition coefficient (Wildman–Crippen LogP) is 4.38. The van der Waals surface area contributed by atoms with Crippen LogP contribution in [0.25, 0.3) is 10.8 Å². The molecule has 0 aromatic heterocycles. The van der Waals surface area contributed by atoms with Crippen LogP contribution in [0.1, 0.15) is 17.3 Å². The molecule has 0 aliphatic carbocycles. The summed E-state index contributed by atoms with van der Waals surface area (Å²) in [6.07, 6.45) is 0. The summed E-state index contributed by atoms with van der Waals surface area (Å²) in [5.41, 5.74) is 1.23. The largest absolute Gasteiger partial charge is 0.490 e. The van der Waals surface area contributed by atoms with Crippen molar-refractivity contribution in [1.82, 2.24) is 5.32 Å². The molecule has 6 heteroatoms. The fourth-order valence-electron chi connectivity index (χ4n) is 2.73. The molecule has 0 heterocycles. The topological polar surface area (TPSA) is 59.6 Å². The fraction of sp³-hybridized carbons (Fsp3) is 0.182. The Morgan fingerprint density at radius 3 is 2.54 bits per heavy atom. The lowest BCUT2D eigenvalue weighted by molar-refractivity contribution is 0.0958. The Bertz CT molecular complexity index is 975. The summed E-state index contributed by atoms with van der Waals surface area (Å²) in [6.45, 7) is 3.39. The highest BCUT2D eigenvalue weighted by atomic mass is 32.1. The van der Waals surface area contributed by atoms with Crippen LogP contribution < -0.4 is 15.4 Å². The number of carbonyl (C=O) groups excluding carboxylic acids is 1. The summed E-state index contributed by atoms with van der Waals surface area (Å²) in [5, 5.41) is 8.22. The van der Waals surface area contributed by atoms with E-state index in [1.165, 1.54) is 0 Å². The summed E-state index contributed by atoms with van der Waals surface area (Å²) in [5.74, 6) is 0.165. The molecule has 144 valence electrons. The van der Waals surface area contributed by atoms with Gasteiger partial charge >= 0.3 is 0 Å². The number of amides is 1. The third kappa shape index (κ3) is 5.28. The van der Waals surface area contributed by atoms with Gasteiger partial charge in [-0.3, -0.25) is 10.1 Å². The number of hydrogen-bond acceptors (Lipinski definition) is 4. The fourth-order valence-corrected chi connectivity index (χ4v) is 2.95. The van der Waals surface area contributed by atoms with Gasteiger partial charge in [-0.15, -0.1) is 0 Å². The van der Waals surface area contributed by atoms with E-state index in [-0.39, 0.29) is 11.0 Å². The molecule has 3 aromatic rings. The van der Waals surface area contributed by atoms with Gasteiger partial charge in [0.05, 0.1) is 12.2 Å². The third-order valence-electron chi connectivity index (χ3n) is 4.06. The van der Waals surface area contributed by atoms with Crippen LogP contribution in [0.2, 0.25) is 0 Å². The van der Waals surface area contributed by atoms with Gasteiger partial charge in [0.15, 0.2) is 5.11 Å². The van der Waals surface area contributed by atoms with E-state index in [2.05, 4.69) is 10.6 Å². The molecule has 0 radical (unpaired) electrons. The minimum absolute atomic E-state index is 0.226. The third-order valence-corrected chi connectivity index (χ3v) is 4.26. The van der Waals surface area contributed by atoms with Crippen molar-refractivity contribution in [2.24, 2.45) is 0 Å². The van der Waals surface area contributed by atoms with Crippen LogP contribution in [-0.4, -0.2) is 30.8 Å². The van der Waals surface area contributed by atoms with E-state index in [1.807, 2.05) is 55.5 Å². The first-order valence-electron chi connectivity index (χ1n) is 9.08. The zero-order valence-corrected chi connectivity index (χ0v) is 16.4. The highest BCUT2D eigenvalue weighted by Gasteiger charge is 2.13. The molecule has 0 spiro atoms. The van der Waals surface area contributed by atoms with Crippen LogP contribution in [-0.2, 0) is 4.74 Å². The molecular weight excluding hydrogens is 372 g/mol. The molecule has 3 aromatic carbocycles. The Labute approximate surface area is 169 Å². The molecule has 0 saturated heterocycles. The van der Waals surface area contributed by atoms with E-state index < -0.39 is 0 Å². The zero-order valence-electron chi connectivity index (χ0n) is 15.6. The van der Waals surface area contributed by atoms with Crippen LogP contribution in [0.5, 0.6) is 5.75 Å². The van der Waals surface area contributed by atoms with Crippen molar-refractivity contribution in [3.8, 4) is 5.75 Å². The van der Waals surface area contributed by atoms with Crippen molar-refractivity contribution < 1.29 is 14.3 Å². The van der Waals surface area contributed by atoms with Gasteiger partial charge in [0.1, 0.15) is 12.4 Å². The molecule has 0 aliphatic heterocycles. The lowest BCUT2D eigenvalue weighted by Gasteiger charge is -2.13. The van der Waals surface area contributed by atoms with Crippen molar-refractivity contribution in [1.29, 1.82) is 0 Å². The van der Waals surface area contributed by atoms with Gasteiger partial charge in [-0.05, 0) is 54.2 Å². The number of nitrogens with one attached hydrogen (secondary N) is 2. The van der Waals surface area contributed by atoms with Gasteiger partial charge < -0.3 is 14.8 Å². The average molecular weight is 394 g/mol. The van der Waals surface area contributed by atoms with E-state index in [4.69, 9.17) is 21.7 Å². The molecule has 0 aliphatic rings. The van der Waals surface area contributed by atoms with Crippen LogP contribution >= 0.6 is 12.2 Å². The zero-order chi connectivity index (χ0) is 19.8. The molecule has 0 saturated carbocycles. The number of carbonyl (C=O) groups is 1. The van der Waals surface area contributed by atoms with Crippen molar-refractivity contribution in [2.45, 2.75) is 6.92 Å². The lowest BCUT2D eigenvalue weighted by atomic mass is 10.1. The van der Waals surface area contributed by atoms with E-state index in [0.717, 1.165) is 16.5 Å². The van der Waals surface area contributed by atoms with E-state index in [9.17, 15) is 4.79 Å². The monoisotopic (exact) mass is 394 g/mol. The maximum atomic E-state index is 12.6. The number of hydrogen-bond donors (Lipinski definition) is 2. The number of thiocarbonyl (C=S) groups is 1. The first-order valence-corrected chi connectivity index (χ1v) is 9.49. The van der Waals surface area contributed by atoms with Crippen LogP contribution in [0.4, 0.5) is 5.69 Å². The highest BCUT2D eigenvalue weighted by molar-refractivity contribution is 7.80. The minimum Gasteiger partial charge on any atom is -0.490 e. The first kappa shape index (κ1) is 19.8. The molecule has 1 amide bonds. The van der Waals surface area contributed by atoms with Gasteiger partial charge in [-0.2, -0.15) is 0 Å². The molecule has 0 fully saturated rings. The average Bonchev–Trinajstić information content (AvgIpc) is 2.71. The lowest BCUT2D eigenvalue weighted by Crippen LogP contribution is -2.34. The number of anilines is 1. The van der Waals surface area contributed by atoms with E-state index in [1.54, 1.807) is 18.2 Å². The number of ether oxygens (including phenoxy) is 2. The Morgan fingerprint density at radius 1 is 0.964 bits per heavy atom. The molecular formula is C22H22N2O3S. The summed E-state index contributed by atoms with van der Waals surface area (Å²) in [7, 11) is 0. The molecule has 2 N–H and O–H groups in total. The second-order valence-electron chi connectivity index (χ2n) is 6.01. The van der Waals surface area contributed by atoms with Gasteiger partial charge in [0.2, 0.25) is 0 Å². The van der Waals surface area contributed by atoms with E-state index in [0.29, 0.717) is 31.1 Å². The Morgan fingerprint density at radius 2 is 1.71 bits per heavy atom.